The molecule has 0 radical (unpaired) electrons. The number of hydrogen-bond donors (Lipinski definition) is 1. The molecule has 31 heavy (non-hydrogen) atoms. The molecule has 1 unspecified atom stereocenters. The topological polar surface area (TPSA) is 82.5 Å². The van der Waals surface area contributed by atoms with Crippen LogP contribution in [0, 0.1) is 13.8 Å². The summed E-state index contributed by atoms with van der Waals surface area (Å²) < 4.78 is 11.8. The predicted molar refractivity (Wildman–Crippen MR) is 123 cm³/mol. The summed E-state index contributed by atoms with van der Waals surface area (Å²) in [7, 11) is 3.09. The highest BCUT2D eigenvalue weighted by Gasteiger charge is 2.17. The van der Waals surface area contributed by atoms with Crippen LogP contribution in [0.15, 0.2) is 58.4 Å². The molecule has 8 heteroatoms. The largest absolute Gasteiger partial charge is 0.493 e. The number of hydrogen-bond acceptors (Lipinski definition) is 6. The van der Waals surface area contributed by atoms with Gasteiger partial charge in [-0.2, -0.15) is 9.78 Å². The van der Waals surface area contributed by atoms with E-state index in [4.69, 9.17) is 9.47 Å². The standard InChI is InChI=1S/C23H25N3O4S/c1-14-6-8-18(12-15(14)2)26-22(27)11-10-21(25-26)31-16(3)23(28)24-17-7-9-19(29-4)20(13-17)30-5/h6-13,16H,1-5H3,(H,24,28). The Morgan fingerprint density at radius 2 is 1.74 bits per heavy atom. The number of thioether (sulfide) groups is 1. The Balaban J connectivity index is 1.75. The number of carbonyl (C=O) groups excluding carboxylic acids is 1. The molecule has 3 aromatic rings. The number of aryl methyl sites for hydroxylation is 2. The number of nitrogens with zero attached hydrogens (tertiary/aromatic N) is 2. The molecular formula is C23H25N3O4S. The van der Waals surface area contributed by atoms with Crippen LogP contribution in [0.4, 0.5) is 5.69 Å². The van der Waals surface area contributed by atoms with Crippen LogP contribution in [0.5, 0.6) is 11.5 Å². The van der Waals surface area contributed by atoms with Crippen molar-refractivity contribution in [3.05, 3.63) is 70.0 Å². The van der Waals surface area contributed by atoms with Gasteiger partial charge in [-0.15, -0.1) is 0 Å². The summed E-state index contributed by atoms with van der Waals surface area (Å²) >= 11 is 1.27. The predicted octanol–water partition coefficient (Wildman–Crippen LogP) is 3.99. The van der Waals surface area contributed by atoms with Gasteiger partial charge < -0.3 is 14.8 Å². The molecule has 0 bridgehead atoms. The number of benzene rings is 2. The van der Waals surface area contributed by atoms with Gasteiger partial charge >= 0.3 is 0 Å². The number of rotatable bonds is 7. The molecular weight excluding hydrogens is 414 g/mol. The molecule has 0 saturated heterocycles. The van der Waals surface area contributed by atoms with Crippen molar-refractivity contribution in [1.82, 2.24) is 9.78 Å². The molecule has 0 spiro atoms. The highest BCUT2D eigenvalue weighted by Crippen LogP contribution is 2.30. The number of amides is 1. The van der Waals surface area contributed by atoms with E-state index in [-0.39, 0.29) is 11.5 Å². The van der Waals surface area contributed by atoms with Crippen molar-refractivity contribution in [2.45, 2.75) is 31.0 Å². The average Bonchev–Trinajstić information content (AvgIpc) is 2.76. The summed E-state index contributed by atoms with van der Waals surface area (Å²) in [4.78, 5) is 25.0. The molecule has 1 N–H and O–H groups in total. The first kappa shape index (κ1) is 22.4. The van der Waals surface area contributed by atoms with Crippen LogP contribution in [0.25, 0.3) is 5.69 Å². The third-order valence-corrected chi connectivity index (χ3v) is 5.86. The van der Waals surface area contributed by atoms with E-state index in [0.29, 0.717) is 27.9 Å². The van der Waals surface area contributed by atoms with Gasteiger partial charge in [-0.05, 0) is 62.2 Å². The lowest BCUT2D eigenvalue weighted by atomic mass is 10.1. The maximum absolute atomic E-state index is 12.7. The Morgan fingerprint density at radius 3 is 2.42 bits per heavy atom. The van der Waals surface area contributed by atoms with Crippen LogP contribution in [-0.2, 0) is 4.79 Å². The fourth-order valence-electron chi connectivity index (χ4n) is 2.89. The zero-order valence-corrected chi connectivity index (χ0v) is 18.9. The first-order valence-corrected chi connectivity index (χ1v) is 10.6. The lowest BCUT2D eigenvalue weighted by Crippen LogP contribution is -2.24. The van der Waals surface area contributed by atoms with Gasteiger partial charge in [-0.25, -0.2) is 0 Å². The van der Waals surface area contributed by atoms with Gasteiger partial charge in [0.2, 0.25) is 5.91 Å². The van der Waals surface area contributed by atoms with Crippen LogP contribution < -0.4 is 20.3 Å². The van der Waals surface area contributed by atoms with Crippen molar-refractivity contribution in [2.24, 2.45) is 0 Å². The van der Waals surface area contributed by atoms with Crippen LogP contribution in [0.1, 0.15) is 18.1 Å². The third kappa shape index (κ3) is 5.27. The Labute approximate surface area is 185 Å². The maximum atomic E-state index is 12.7. The van der Waals surface area contributed by atoms with Crippen LogP contribution in [0.2, 0.25) is 0 Å². The molecule has 0 aliphatic carbocycles. The number of ether oxygens (including phenoxy) is 2. The molecule has 0 aliphatic rings. The highest BCUT2D eigenvalue weighted by atomic mass is 32.2. The van der Waals surface area contributed by atoms with E-state index in [2.05, 4.69) is 10.4 Å². The lowest BCUT2D eigenvalue weighted by molar-refractivity contribution is -0.115. The minimum absolute atomic E-state index is 0.192. The van der Waals surface area contributed by atoms with Gasteiger partial charge in [0.15, 0.2) is 11.5 Å². The Morgan fingerprint density at radius 1 is 1.00 bits per heavy atom. The summed E-state index contributed by atoms with van der Waals surface area (Å²) in [5.41, 5.74) is 3.28. The van der Waals surface area contributed by atoms with Crippen LogP contribution in [0.3, 0.4) is 0 Å². The molecule has 1 amide bonds. The third-order valence-electron chi connectivity index (χ3n) is 4.83. The summed E-state index contributed by atoms with van der Waals surface area (Å²) in [6.07, 6.45) is 0. The van der Waals surface area contributed by atoms with Crippen LogP contribution in [-0.4, -0.2) is 35.2 Å². The zero-order chi connectivity index (χ0) is 22.5. The number of anilines is 1. The van der Waals surface area contributed by atoms with E-state index < -0.39 is 5.25 Å². The summed E-state index contributed by atoms with van der Waals surface area (Å²) in [6, 6.07) is 14.0. The first-order chi connectivity index (χ1) is 14.8. The van der Waals surface area contributed by atoms with Crippen molar-refractivity contribution in [2.75, 3.05) is 19.5 Å². The highest BCUT2D eigenvalue weighted by molar-refractivity contribution is 8.00. The summed E-state index contributed by atoms with van der Waals surface area (Å²) in [6.45, 7) is 5.79. The maximum Gasteiger partial charge on any atom is 0.271 e. The van der Waals surface area contributed by atoms with Crippen molar-refractivity contribution in [3.63, 3.8) is 0 Å². The van der Waals surface area contributed by atoms with E-state index in [9.17, 15) is 9.59 Å². The molecule has 3 rings (SSSR count). The van der Waals surface area contributed by atoms with Gasteiger partial charge in [0, 0.05) is 17.8 Å². The number of methoxy groups -OCH3 is 2. The summed E-state index contributed by atoms with van der Waals surface area (Å²) in [5, 5.41) is 7.45. The molecule has 1 atom stereocenters. The smallest absolute Gasteiger partial charge is 0.271 e. The number of aromatic nitrogens is 2. The molecule has 162 valence electrons. The SMILES string of the molecule is COc1ccc(NC(=O)C(C)Sc2ccc(=O)n(-c3ccc(C)c(C)c3)n2)cc1OC. The molecule has 0 aliphatic heterocycles. The van der Waals surface area contributed by atoms with Gasteiger partial charge in [-0.3, -0.25) is 9.59 Å². The molecule has 1 heterocycles. The van der Waals surface area contributed by atoms with Crippen molar-refractivity contribution >= 4 is 23.4 Å². The minimum atomic E-state index is -0.439. The average molecular weight is 440 g/mol. The second-order valence-electron chi connectivity index (χ2n) is 7.01. The van der Waals surface area contributed by atoms with E-state index in [1.54, 1.807) is 38.3 Å². The quantitative estimate of drug-likeness (QED) is 0.561. The monoisotopic (exact) mass is 439 g/mol. The Bertz CT molecular complexity index is 1160. The zero-order valence-electron chi connectivity index (χ0n) is 18.1. The van der Waals surface area contributed by atoms with Crippen LogP contribution >= 0.6 is 11.8 Å². The molecule has 0 saturated carbocycles. The number of nitrogens with one attached hydrogen (secondary N) is 1. The van der Waals surface area contributed by atoms with E-state index in [1.165, 1.54) is 29.6 Å². The van der Waals surface area contributed by atoms with Gasteiger partial charge in [-0.1, -0.05) is 17.8 Å². The second-order valence-corrected chi connectivity index (χ2v) is 8.37. The fourth-order valence-corrected chi connectivity index (χ4v) is 3.70. The van der Waals surface area contributed by atoms with E-state index in [1.807, 2.05) is 32.0 Å². The van der Waals surface area contributed by atoms with Crippen molar-refractivity contribution < 1.29 is 14.3 Å². The Hall–Kier alpha value is -3.26. The molecule has 0 fully saturated rings. The van der Waals surface area contributed by atoms with Gasteiger partial charge in [0.1, 0.15) is 5.03 Å². The Kier molecular flexibility index (Phi) is 7.02. The minimum Gasteiger partial charge on any atom is -0.493 e. The second kappa shape index (κ2) is 9.70. The number of carbonyl (C=O) groups is 1. The molecule has 2 aromatic carbocycles. The summed E-state index contributed by atoms with van der Waals surface area (Å²) in [5.74, 6) is 0.923. The first-order valence-electron chi connectivity index (χ1n) is 9.70. The van der Waals surface area contributed by atoms with E-state index in [0.717, 1.165) is 11.1 Å². The van der Waals surface area contributed by atoms with Gasteiger partial charge in [0.25, 0.3) is 5.56 Å². The molecule has 7 nitrogen and oxygen atoms in total. The fraction of sp³-hybridized carbons (Fsp3) is 0.261. The van der Waals surface area contributed by atoms with Crippen molar-refractivity contribution in [1.29, 1.82) is 0 Å². The lowest BCUT2D eigenvalue weighted by Gasteiger charge is -2.14. The van der Waals surface area contributed by atoms with Gasteiger partial charge in [0.05, 0.1) is 25.2 Å². The molecule has 1 aromatic heterocycles. The van der Waals surface area contributed by atoms with Crippen molar-refractivity contribution in [3.8, 4) is 17.2 Å². The van der Waals surface area contributed by atoms with E-state index >= 15 is 0 Å². The normalized spacial score (nSPS) is 11.6.